The summed E-state index contributed by atoms with van der Waals surface area (Å²) < 4.78 is 0. The number of carbonyl (C=O) groups is 1. The van der Waals surface area contributed by atoms with Crippen LogP contribution in [0.15, 0.2) is 0 Å². The number of aliphatic hydroxyl groups excluding tert-OH is 1. The van der Waals surface area contributed by atoms with Crippen LogP contribution in [0.1, 0.15) is 52.4 Å². The van der Waals surface area contributed by atoms with Gasteiger partial charge in [-0.3, -0.25) is 4.79 Å². The highest BCUT2D eigenvalue weighted by Crippen LogP contribution is 2.40. The Hall–Kier alpha value is -0.610. The molecule has 0 aromatic heterocycles. The van der Waals surface area contributed by atoms with Gasteiger partial charge >= 0.3 is 0 Å². The minimum absolute atomic E-state index is 0.147. The van der Waals surface area contributed by atoms with E-state index in [1.807, 2.05) is 13.8 Å². The average molecular weight is 266 g/mol. The molecule has 0 spiro atoms. The summed E-state index contributed by atoms with van der Waals surface area (Å²) in [4.78, 5) is 12.1. The first kappa shape index (κ1) is 13.4. The Bertz CT molecular complexity index is 357. The summed E-state index contributed by atoms with van der Waals surface area (Å²) in [6.07, 6.45) is 5.97. The number of nitrogens with one attached hydrogen (secondary N) is 2. The highest BCUT2D eigenvalue weighted by molar-refractivity contribution is 5.76. The number of fused-ring (bicyclic) bond motifs is 2. The van der Waals surface area contributed by atoms with E-state index in [-0.39, 0.29) is 23.5 Å². The van der Waals surface area contributed by atoms with Crippen molar-refractivity contribution in [2.75, 3.05) is 0 Å². The average Bonchev–Trinajstić information content (AvgIpc) is 2.68. The molecule has 0 aromatic carbocycles. The third kappa shape index (κ3) is 2.52. The van der Waals surface area contributed by atoms with Crippen molar-refractivity contribution in [1.29, 1.82) is 0 Å². The highest BCUT2D eigenvalue weighted by Gasteiger charge is 2.48. The molecule has 0 radical (unpaired) electrons. The molecule has 4 heteroatoms. The van der Waals surface area contributed by atoms with E-state index < -0.39 is 0 Å². The molecule has 2 heterocycles. The lowest BCUT2D eigenvalue weighted by molar-refractivity contribution is -0.130. The molecule has 2 aliphatic heterocycles. The third-order valence-corrected chi connectivity index (χ3v) is 5.60. The molecular formula is C15H26N2O2. The lowest BCUT2D eigenvalue weighted by atomic mass is 9.64. The van der Waals surface area contributed by atoms with E-state index in [0.717, 1.165) is 12.8 Å². The molecule has 1 amide bonds. The van der Waals surface area contributed by atoms with Crippen molar-refractivity contribution in [3.05, 3.63) is 0 Å². The molecule has 3 rings (SSSR count). The van der Waals surface area contributed by atoms with Gasteiger partial charge in [-0.15, -0.1) is 0 Å². The van der Waals surface area contributed by atoms with Crippen LogP contribution in [0.2, 0.25) is 0 Å². The van der Waals surface area contributed by atoms with E-state index in [1.54, 1.807) is 0 Å². The van der Waals surface area contributed by atoms with Gasteiger partial charge in [0, 0.05) is 30.0 Å². The van der Waals surface area contributed by atoms with Crippen LogP contribution < -0.4 is 10.6 Å². The van der Waals surface area contributed by atoms with Gasteiger partial charge in [-0.2, -0.15) is 0 Å². The normalized spacial score (nSPS) is 43.6. The molecule has 3 N–H and O–H groups in total. The first-order valence-corrected chi connectivity index (χ1v) is 7.68. The summed E-state index contributed by atoms with van der Waals surface area (Å²) >= 11 is 0. The van der Waals surface area contributed by atoms with Gasteiger partial charge in [-0.1, -0.05) is 13.8 Å². The maximum absolute atomic E-state index is 12.1. The number of aliphatic hydroxyl groups is 1. The first-order chi connectivity index (χ1) is 8.95. The van der Waals surface area contributed by atoms with E-state index in [0.29, 0.717) is 30.8 Å². The van der Waals surface area contributed by atoms with E-state index in [1.165, 1.54) is 12.8 Å². The van der Waals surface area contributed by atoms with Gasteiger partial charge in [0.25, 0.3) is 0 Å². The number of hydrogen-bond donors (Lipinski definition) is 3. The highest BCUT2D eigenvalue weighted by atomic mass is 16.3. The topological polar surface area (TPSA) is 61.4 Å². The zero-order valence-corrected chi connectivity index (χ0v) is 12.0. The van der Waals surface area contributed by atoms with Crippen molar-refractivity contribution >= 4 is 5.91 Å². The van der Waals surface area contributed by atoms with Crippen molar-refractivity contribution in [1.82, 2.24) is 10.6 Å². The predicted octanol–water partition coefficient (Wildman–Crippen LogP) is 1.18. The molecule has 2 bridgehead atoms. The van der Waals surface area contributed by atoms with Crippen LogP contribution in [0, 0.1) is 11.3 Å². The van der Waals surface area contributed by atoms with Gasteiger partial charge in [0.05, 0.1) is 6.10 Å². The molecule has 0 aromatic rings. The molecule has 1 aliphatic carbocycles. The second-order valence-electron chi connectivity index (χ2n) is 7.37. The Morgan fingerprint density at radius 1 is 1.26 bits per heavy atom. The van der Waals surface area contributed by atoms with Crippen LogP contribution in [-0.2, 0) is 4.79 Å². The zero-order chi connectivity index (χ0) is 13.6. The van der Waals surface area contributed by atoms with Crippen LogP contribution in [0.25, 0.3) is 0 Å². The minimum atomic E-state index is -0.271. The van der Waals surface area contributed by atoms with Crippen LogP contribution in [0.5, 0.6) is 0 Å². The van der Waals surface area contributed by atoms with Crippen LogP contribution in [-0.4, -0.2) is 35.2 Å². The van der Waals surface area contributed by atoms with Gasteiger partial charge in [-0.25, -0.2) is 0 Å². The first-order valence-electron chi connectivity index (χ1n) is 7.68. The van der Waals surface area contributed by atoms with E-state index in [4.69, 9.17) is 0 Å². The lowest BCUT2D eigenvalue weighted by Crippen LogP contribution is -2.61. The van der Waals surface area contributed by atoms with Crippen LogP contribution in [0.4, 0.5) is 0 Å². The maximum atomic E-state index is 12.1. The summed E-state index contributed by atoms with van der Waals surface area (Å²) in [6.45, 7) is 4.05. The van der Waals surface area contributed by atoms with Crippen molar-refractivity contribution < 1.29 is 9.90 Å². The Balaban J connectivity index is 1.47. The Kier molecular flexibility index (Phi) is 3.34. The fourth-order valence-corrected chi connectivity index (χ4v) is 4.00. The van der Waals surface area contributed by atoms with E-state index >= 15 is 0 Å². The fraction of sp³-hybridized carbons (Fsp3) is 0.933. The van der Waals surface area contributed by atoms with Crippen molar-refractivity contribution in [3.8, 4) is 0 Å². The number of carbonyl (C=O) groups excluding carboxylic acids is 1. The number of piperidine rings is 1. The van der Waals surface area contributed by atoms with Crippen LogP contribution in [0.3, 0.4) is 0 Å². The number of hydrogen-bond acceptors (Lipinski definition) is 3. The summed E-state index contributed by atoms with van der Waals surface area (Å²) in [7, 11) is 0. The Labute approximate surface area is 115 Å². The quantitative estimate of drug-likeness (QED) is 0.719. The molecule has 1 saturated carbocycles. The predicted molar refractivity (Wildman–Crippen MR) is 73.6 cm³/mol. The van der Waals surface area contributed by atoms with E-state index in [9.17, 15) is 9.90 Å². The van der Waals surface area contributed by atoms with Crippen molar-refractivity contribution in [3.63, 3.8) is 0 Å². The van der Waals surface area contributed by atoms with Gasteiger partial charge < -0.3 is 15.7 Å². The molecule has 4 nitrogen and oxygen atoms in total. The van der Waals surface area contributed by atoms with Gasteiger partial charge in [0.2, 0.25) is 5.91 Å². The monoisotopic (exact) mass is 266 g/mol. The van der Waals surface area contributed by atoms with Gasteiger partial charge in [-0.05, 0) is 38.0 Å². The van der Waals surface area contributed by atoms with Crippen LogP contribution >= 0.6 is 0 Å². The van der Waals surface area contributed by atoms with Gasteiger partial charge in [0.15, 0.2) is 0 Å². The molecular weight excluding hydrogens is 240 g/mol. The Morgan fingerprint density at radius 3 is 2.42 bits per heavy atom. The molecule has 4 atom stereocenters. The second kappa shape index (κ2) is 4.74. The van der Waals surface area contributed by atoms with Crippen molar-refractivity contribution in [2.24, 2.45) is 11.3 Å². The third-order valence-electron chi connectivity index (χ3n) is 5.60. The summed E-state index contributed by atoms with van der Waals surface area (Å²) in [5.41, 5.74) is -0.164. The molecule has 2 saturated heterocycles. The van der Waals surface area contributed by atoms with Crippen molar-refractivity contribution in [2.45, 2.75) is 76.6 Å². The maximum Gasteiger partial charge on any atom is 0.220 e. The molecule has 108 valence electrons. The molecule has 4 unspecified atom stereocenters. The number of amides is 1. The smallest absolute Gasteiger partial charge is 0.220 e. The summed E-state index contributed by atoms with van der Waals surface area (Å²) in [5.74, 6) is 0.725. The summed E-state index contributed by atoms with van der Waals surface area (Å²) in [6, 6.07) is 1.45. The molecule has 3 aliphatic rings. The fourth-order valence-electron chi connectivity index (χ4n) is 4.00. The van der Waals surface area contributed by atoms with E-state index in [2.05, 4.69) is 10.6 Å². The molecule has 3 fully saturated rings. The summed E-state index contributed by atoms with van der Waals surface area (Å²) in [5, 5.41) is 16.4. The standard InChI is InChI=1S/C15H26N2O2/c1-15(2)12(8-13(15)18)17-14(19)7-9-5-10-3-4-11(6-9)16-10/h9-13,16,18H,3-8H2,1-2H3,(H,17,19). The van der Waals surface area contributed by atoms with Gasteiger partial charge in [0.1, 0.15) is 0 Å². The molecule has 19 heavy (non-hydrogen) atoms. The minimum Gasteiger partial charge on any atom is -0.392 e. The lowest BCUT2D eigenvalue weighted by Gasteiger charge is -2.49. The largest absolute Gasteiger partial charge is 0.392 e. The zero-order valence-electron chi connectivity index (χ0n) is 12.0. The number of rotatable bonds is 3. The SMILES string of the molecule is CC1(C)C(O)CC1NC(=O)CC1CC2CCC(C1)N2. The second-order valence-corrected chi connectivity index (χ2v) is 7.37. The Morgan fingerprint density at radius 2 is 1.89 bits per heavy atom.